The molecule has 1 aromatic heterocycles. The molecule has 0 spiro atoms. The average Bonchev–Trinajstić information content (AvgIpc) is 3.30. The molecule has 10 heteroatoms. The number of para-hydroxylation sites is 1. The zero-order valence-electron chi connectivity index (χ0n) is 15.8. The lowest BCUT2D eigenvalue weighted by molar-refractivity contribution is 0.169. The molecule has 0 saturated carbocycles. The quantitative estimate of drug-likeness (QED) is 0.569. The number of anilines is 1. The van der Waals surface area contributed by atoms with Crippen molar-refractivity contribution in [3.63, 3.8) is 0 Å². The van der Waals surface area contributed by atoms with Gasteiger partial charge in [0.25, 0.3) is 0 Å². The number of halogens is 2. The Morgan fingerprint density at radius 2 is 2.07 bits per heavy atom. The van der Waals surface area contributed by atoms with Gasteiger partial charge in [0.05, 0.1) is 17.8 Å². The van der Waals surface area contributed by atoms with Crippen LogP contribution in [0.1, 0.15) is 35.3 Å². The third-order valence-corrected chi connectivity index (χ3v) is 5.44. The van der Waals surface area contributed by atoms with Crippen LogP contribution in [0.4, 0.5) is 10.1 Å². The first-order chi connectivity index (χ1) is 14.4. The summed E-state index contributed by atoms with van der Waals surface area (Å²) in [4.78, 5) is 6.34. The van der Waals surface area contributed by atoms with Crippen LogP contribution in [0.3, 0.4) is 0 Å². The zero-order chi connectivity index (χ0) is 21.3. The molecule has 4 rings (SSSR count). The van der Waals surface area contributed by atoms with Crippen molar-refractivity contribution in [3.8, 4) is 0 Å². The second-order valence-corrected chi connectivity index (χ2v) is 7.60. The molecular weight excluding hydrogens is 415 g/mol. The van der Waals surface area contributed by atoms with Crippen LogP contribution in [0.15, 0.2) is 47.0 Å². The average molecular weight is 434 g/mol. The topological polar surface area (TPSA) is 109 Å². The molecule has 1 saturated heterocycles. The molecule has 2 unspecified atom stereocenters. The van der Waals surface area contributed by atoms with Crippen molar-refractivity contribution in [1.82, 2.24) is 15.0 Å². The van der Waals surface area contributed by atoms with Crippen LogP contribution in [-0.4, -0.2) is 38.0 Å². The van der Waals surface area contributed by atoms with Gasteiger partial charge in [-0.25, -0.2) is 4.39 Å². The summed E-state index contributed by atoms with van der Waals surface area (Å²) in [5.74, 6) is 0.300. The number of rotatable bonds is 6. The Bertz CT molecular complexity index is 1030. The summed E-state index contributed by atoms with van der Waals surface area (Å²) in [6.45, 7) is 0.656. The lowest BCUT2D eigenvalue weighted by atomic mass is 10.1. The first-order valence-electron chi connectivity index (χ1n) is 9.33. The highest BCUT2D eigenvalue weighted by Crippen LogP contribution is 2.34. The van der Waals surface area contributed by atoms with Crippen molar-refractivity contribution in [2.75, 3.05) is 11.8 Å². The van der Waals surface area contributed by atoms with Crippen molar-refractivity contribution >= 4 is 17.3 Å². The summed E-state index contributed by atoms with van der Waals surface area (Å²) in [5.41, 5.74) is 1.41. The van der Waals surface area contributed by atoms with E-state index in [0.717, 1.165) is 0 Å². The lowest BCUT2D eigenvalue weighted by Crippen LogP contribution is -2.25. The molecule has 1 aliphatic heterocycles. The molecule has 2 aromatic carbocycles. The molecule has 1 fully saturated rings. The Kier molecular flexibility index (Phi) is 5.98. The van der Waals surface area contributed by atoms with Gasteiger partial charge in [0.2, 0.25) is 5.89 Å². The van der Waals surface area contributed by atoms with Gasteiger partial charge in [0.1, 0.15) is 5.82 Å². The van der Waals surface area contributed by atoms with E-state index >= 15 is 0 Å². The molecule has 8 nitrogen and oxygen atoms in total. The molecule has 30 heavy (non-hydrogen) atoms. The number of aliphatic hydroxyl groups excluding tert-OH is 1. The molecule has 0 bridgehead atoms. The number of β-amino-alcohol motifs (C(OH)–C–C–N with tert-alkyl or cyclic N) is 1. The lowest BCUT2D eigenvalue weighted by Gasteiger charge is -2.27. The highest BCUT2D eigenvalue weighted by atomic mass is 35.5. The minimum Gasteiger partial charge on any atom is -0.733 e. The van der Waals surface area contributed by atoms with E-state index in [-0.39, 0.29) is 28.4 Å². The van der Waals surface area contributed by atoms with E-state index in [0.29, 0.717) is 42.4 Å². The monoisotopic (exact) mass is 433 g/mol. The van der Waals surface area contributed by atoms with Gasteiger partial charge in [0, 0.05) is 24.5 Å². The molecule has 0 aliphatic carbocycles. The SMILES string of the molecule is [O-]N(O)c1ccccc1CN1CC(O)CC1c1nc(Cc2ccc(F)cc2Cl)no1. The molecule has 2 N–H and O–H groups in total. The Labute approximate surface area is 176 Å². The zero-order valence-corrected chi connectivity index (χ0v) is 16.5. The van der Waals surface area contributed by atoms with Crippen LogP contribution in [0.25, 0.3) is 0 Å². The third kappa shape index (κ3) is 4.45. The first-order valence-corrected chi connectivity index (χ1v) is 9.71. The fourth-order valence-corrected chi connectivity index (χ4v) is 3.91. The summed E-state index contributed by atoms with van der Waals surface area (Å²) in [6, 6.07) is 10.4. The second-order valence-electron chi connectivity index (χ2n) is 7.20. The number of aliphatic hydroxyl groups is 1. The van der Waals surface area contributed by atoms with Gasteiger partial charge in [-0.1, -0.05) is 41.0 Å². The van der Waals surface area contributed by atoms with Crippen molar-refractivity contribution < 1.29 is 19.2 Å². The van der Waals surface area contributed by atoms with E-state index in [4.69, 9.17) is 16.1 Å². The predicted octanol–water partition coefficient (Wildman–Crippen LogP) is 3.45. The summed E-state index contributed by atoms with van der Waals surface area (Å²) < 4.78 is 18.7. The number of hydrogen-bond acceptors (Lipinski definition) is 8. The molecule has 0 radical (unpaired) electrons. The van der Waals surface area contributed by atoms with Crippen LogP contribution in [0.5, 0.6) is 0 Å². The summed E-state index contributed by atoms with van der Waals surface area (Å²) in [7, 11) is 0. The molecule has 2 heterocycles. The molecule has 158 valence electrons. The van der Waals surface area contributed by atoms with Gasteiger partial charge in [0.15, 0.2) is 5.82 Å². The standard InChI is InChI=1S/C20H19ClFN4O4/c21-16-8-14(22)6-5-12(16)7-19-23-20(30-24-19)18-9-15(27)11-25(18)10-13-3-1-2-4-17(13)26(28)29/h1-6,8,15,18,27-28H,7,9-11H2/q-1. The molecule has 3 aromatic rings. The van der Waals surface area contributed by atoms with Crippen LogP contribution in [-0.2, 0) is 13.0 Å². The van der Waals surface area contributed by atoms with Gasteiger partial charge in [-0.2, -0.15) is 4.98 Å². The maximum Gasteiger partial charge on any atom is 0.244 e. The van der Waals surface area contributed by atoms with E-state index in [1.54, 1.807) is 24.3 Å². The van der Waals surface area contributed by atoms with Crippen LogP contribution in [0, 0.1) is 11.0 Å². The highest BCUT2D eigenvalue weighted by Gasteiger charge is 2.36. The Hall–Kier alpha value is -2.56. The number of likely N-dealkylation sites (tertiary alicyclic amines) is 1. The number of aromatic nitrogens is 2. The van der Waals surface area contributed by atoms with E-state index in [9.17, 15) is 19.9 Å². The van der Waals surface area contributed by atoms with Crippen molar-refractivity contribution in [2.45, 2.75) is 31.5 Å². The van der Waals surface area contributed by atoms with E-state index < -0.39 is 11.9 Å². The van der Waals surface area contributed by atoms with E-state index in [1.807, 2.05) is 4.90 Å². The Morgan fingerprint density at radius 1 is 1.27 bits per heavy atom. The summed E-state index contributed by atoms with van der Waals surface area (Å²) >= 11 is 6.07. The van der Waals surface area contributed by atoms with Gasteiger partial charge >= 0.3 is 0 Å². The Morgan fingerprint density at radius 3 is 2.83 bits per heavy atom. The number of benzene rings is 2. The molecule has 0 amide bonds. The maximum absolute atomic E-state index is 13.2. The van der Waals surface area contributed by atoms with Gasteiger partial charge in [-0.15, -0.1) is 0 Å². The summed E-state index contributed by atoms with van der Waals surface area (Å²) in [6.07, 6.45) is 0.0686. The van der Waals surface area contributed by atoms with Crippen LogP contribution in [0.2, 0.25) is 5.02 Å². The largest absolute Gasteiger partial charge is 0.733 e. The van der Waals surface area contributed by atoms with Crippen molar-refractivity contribution in [2.24, 2.45) is 0 Å². The fourth-order valence-electron chi connectivity index (χ4n) is 3.67. The fraction of sp³-hybridized carbons (Fsp3) is 0.300. The van der Waals surface area contributed by atoms with Crippen LogP contribution < -0.4 is 5.23 Å². The van der Waals surface area contributed by atoms with Gasteiger partial charge < -0.3 is 20.1 Å². The molecular formula is C20H19ClFN4O4-. The Balaban J connectivity index is 1.53. The minimum atomic E-state index is -0.596. The maximum atomic E-state index is 13.2. The summed E-state index contributed by atoms with van der Waals surface area (Å²) in [5, 5.41) is 35.0. The third-order valence-electron chi connectivity index (χ3n) is 5.09. The van der Waals surface area contributed by atoms with Gasteiger partial charge in [-0.3, -0.25) is 10.1 Å². The molecule has 1 aliphatic rings. The second kappa shape index (κ2) is 8.66. The minimum absolute atomic E-state index is 0.134. The smallest absolute Gasteiger partial charge is 0.244 e. The number of nitrogens with zero attached hydrogens (tertiary/aromatic N) is 4. The predicted molar refractivity (Wildman–Crippen MR) is 106 cm³/mol. The number of hydrogen-bond donors (Lipinski definition) is 2. The van der Waals surface area contributed by atoms with Crippen LogP contribution >= 0.6 is 11.6 Å². The first kappa shape index (κ1) is 20.7. The normalized spacial score (nSPS) is 19.4. The van der Waals surface area contributed by atoms with Crippen molar-refractivity contribution in [3.05, 3.63) is 81.4 Å². The highest BCUT2D eigenvalue weighted by molar-refractivity contribution is 6.31. The molecule has 2 atom stereocenters. The van der Waals surface area contributed by atoms with E-state index in [1.165, 1.54) is 18.2 Å². The van der Waals surface area contributed by atoms with E-state index in [2.05, 4.69) is 10.1 Å². The van der Waals surface area contributed by atoms with Gasteiger partial charge in [-0.05, 0) is 35.7 Å². The van der Waals surface area contributed by atoms with Crippen molar-refractivity contribution in [1.29, 1.82) is 0 Å².